The summed E-state index contributed by atoms with van der Waals surface area (Å²) in [6.07, 6.45) is 1.60. The molecular formula is C11H11ClN4O. The molecule has 0 aliphatic heterocycles. The van der Waals surface area contributed by atoms with Crippen LogP contribution in [0.15, 0.2) is 30.5 Å². The second kappa shape index (κ2) is 4.47. The maximum Gasteiger partial charge on any atom is 0.256 e. The number of rotatable bonds is 2. The van der Waals surface area contributed by atoms with Crippen LogP contribution in [0.1, 0.15) is 10.4 Å². The minimum Gasteiger partial charge on any atom is -0.398 e. The highest BCUT2D eigenvalue weighted by Gasteiger charge is 2.09. The Bertz CT molecular complexity index is 564. The van der Waals surface area contributed by atoms with E-state index >= 15 is 0 Å². The monoisotopic (exact) mass is 250 g/mol. The molecule has 0 spiro atoms. The number of halogens is 1. The molecular weight excluding hydrogens is 240 g/mol. The lowest BCUT2D eigenvalue weighted by atomic mass is 10.2. The van der Waals surface area contributed by atoms with Crippen LogP contribution in [-0.2, 0) is 7.05 Å². The van der Waals surface area contributed by atoms with Gasteiger partial charge in [0.15, 0.2) is 0 Å². The Morgan fingerprint density at radius 2 is 2.24 bits per heavy atom. The van der Waals surface area contributed by atoms with Gasteiger partial charge in [-0.2, -0.15) is 5.10 Å². The van der Waals surface area contributed by atoms with Crippen molar-refractivity contribution in [3.05, 3.63) is 41.0 Å². The summed E-state index contributed by atoms with van der Waals surface area (Å²) in [5.41, 5.74) is 6.46. The SMILES string of the molecule is Cn1nccc1NC(=O)c1ccc(Cl)c(N)c1. The molecule has 0 atom stereocenters. The molecule has 0 bridgehead atoms. The third kappa shape index (κ3) is 2.39. The fourth-order valence-corrected chi connectivity index (χ4v) is 1.49. The second-order valence-electron chi connectivity index (χ2n) is 3.53. The van der Waals surface area contributed by atoms with Crippen LogP contribution in [0.25, 0.3) is 0 Å². The van der Waals surface area contributed by atoms with Crippen molar-refractivity contribution in [1.29, 1.82) is 0 Å². The zero-order chi connectivity index (χ0) is 12.4. The molecule has 5 nitrogen and oxygen atoms in total. The third-order valence-electron chi connectivity index (χ3n) is 2.32. The summed E-state index contributed by atoms with van der Waals surface area (Å²) in [4.78, 5) is 11.9. The van der Waals surface area contributed by atoms with Gasteiger partial charge < -0.3 is 11.1 Å². The molecule has 1 heterocycles. The van der Waals surface area contributed by atoms with E-state index in [4.69, 9.17) is 17.3 Å². The number of carbonyl (C=O) groups is 1. The Hall–Kier alpha value is -2.01. The number of carbonyl (C=O) groups excluding carboxylic acids is 1. The summed E-state index contributed by atoms with van der Waals surface area (Å²) in [6.45, 7) is 0. The maximum absolute atomic E-state index is 11.9. The molecule has 0 aliphatic rings. The van der Waals surface area contributed by atoms with Crippen molar-refractivity contribution in [2.45, 2.75) is 0 Å². The van der Waals surface area contributed by atoms with E-state index < -0.39 is 0 Å². The maximum atomic E-state index is 11.9. The first kappa shape index (κ1) is 11.5. The van der Waals surface area contributed by atoms with Gasteiger partial charge >= 0.3 is 0 Å². The number of aryl methyl sites for hydroxylation is 1. The van der Waals surface area contributed by atoms with Crippen LogP contribution in [0.2, 0.25) is 5.02 Å². The van der Waals surface area contributed by atoms with Gasteiger partial charge in [0.1, 0.15) is 5.82 Å². The quantitative estimate of drug-likeness (QED) is 0.800. The van der Waals surface area contributed by atoms with Crippen LogP contribution in [0.3, 0.4) is 0 Å². The normalized spacial score (nSPS) is 10.2. The minimum absolute atomic E-state index is 0.253. The minimum atomic E-state index is -0.253. The van der Waals surface area contributed by atoms with E-state index in [1.54, 1.807) is 36.1 Å². The van der Waals surface area contributed by atoms with Gasteiger partial charge in [0.2, 0.25) is 0 Å². The van der Waals surface area contributed by atoms with Gasteiger partial charge in [0, 0.05) is 18.7 Å². The predicted octanol–water partition coefficient (Wildman–Crippen LogP) is 1.91. The predicted molar refractivity (Wildman–Crippen MR) is 67.0 cm³/mol. The standard InChI is InChI=1S/C11H11ClN4O/c1-16-10(4-5-14-16)15-11(17)7-2-3-8(12)9(13)6-7/h2-6H,13H2,1H3,(H,15,17). The number of hydrogen-bond acceptors (Lipinski definition) is 3. The molecule has 1 amide bonds. The van der Waals surface area contributed by atoms with Gasteiger partial charge in [0.05, 0.1) is 16.9 Å². The number of nitrogens with one attached hydrogen (secondary N) is 1. The van der Waals surface area contributed by atoms with Gasteiger partial charge in [-0.05, 0) is 18.2 Å². The van der Waals surface area contributed by atoms with Gasteiger partial charge in [-0.1, -0.05) is 11.6 Å². The number of aromatic nitrogens is 2. The molecule has 0 radical (unpaired) electrons. The first-order valence-electron chi connectivity index (χ1n) is 4.92. The lowest BCUT2D eigenvalue weighted by Crippen LogP contribution is -2.14. The molecule has 88 valence electrons. The van der Waals surface area contributed by atoms with Crippen LogP contribution < -0.4 is 11.1 Å². The molecule has 0 unspecified atom stereocenters. The summed E-state index contributed by atoms with van der Waals surface area (Å²) in [5.74, 6) is 0.362. The number of hydrogen-bond donors (Lipinski definition) is 2. The molecule has 0 fully saturated rings. The summed E-state index contributed by atoms with van der Waals surface area (Å²) in [6, 6.07) is 6.45. The highest BCUT2D eigenvalue weighted by Crippen LogP contribution is 2.20. The van der Waals surface area contributed by atoms with Crippen molar-refractivity contribution in [2.75, 3.05) is 11.1 Å². The molecule has 3 N–H and O–H groups in total. The van der Waals surface area contributed by atoms with Crippen molar-refractivity contribution >= 4 is 29.0 Å². The van der Waals surface area contributed by atoms with Crippen LogP contribution in [0, 0.1) is 0 Å². The van der Waals surface area contributed by atoms with E-state index in [0.717, 1.165) is 0 Å². The summed E-state index contributed by atoms with van der Waals surface area (Å²) < 4.78 is 1.57. The number of benzene rings is 1. The van der Waals surface area contributed by atoms with Gasteiger partial charge in [-0.15, -0.1) is 0 Å². The van der Waals surface area contributed by atoms with E-state index in [9.17, 15) is 4.79 Å². The van der Waals surface area contributed by atoms with Crippen molar-refractivity contribution < 1.29 is 4.79 Å². The summed E-state index contributed by atoms with van der Waals surface area (Å²) in [7, 11) is 1.74. The fraction of sp³-hybridized carbons (Fsp3) is 0.0909. The lowest BCUT2D eigenvalue weighted by molar-refractivity contribution is 0.102. The Morgan fingerprint density at radius 3 is 2.82 bits per heavy atom. The van der Waals surface area contributed by atoms with Gasteiger partial charge in [-0.3, -0.25) is 9.48 Å². The second-order valence-corrected chi connectivity index (χ2v) is 3.94. The number of nitrogen functional groups attached to an aromatic ring is 1. The highest BCUT2D eigenvalue weighted by molar-refractivity contribution is 6.33. The number of anilines is 2. The molecule has 2 rings (SSSR count). The Balaban J connectivity index is 2.20. The Labute approximate surface area is 103 Å². The average Bonchev–Trinajstić information content (AvgIpc) is 2.68. The lowest BCUT2D eigenvalue weighted by Gasteiger charge is -2.06. The van der Waals surface area contributed by atoms with Crippen molar-refractivity contribution in [2.24, 2.45) is 7.05 Å². The number of amides is 1. The van der Waals surface area contributed by atoms with Crippen LogP contribution >= 0.6 is 11.6 Å². The number of nitrogens with two attached hydrogens (primary N) is 1. The molecule has 6 heteroatoms. The fourth-order valence-electron chi connectivity index (χ4n) is 1.37. The van der Waals surface area contributed by atoms with E-state index in [2.05, 4.69) is 10.4 Å². The molecule has 17 heavy (non-hydrogen) atoms. The van der Waals surface area contributed by atoms with Crippen LogP contribution in [0.4, 0.5) is 11.5 Å². The van der Waals surface area contributed by atoms with E-state index in [1.807, 2.05) is 0 Å². The molecule has 0 saturated heterocycles. The van der Waals surface area contributed by atoms with Gasteiger partial charge in [-0.25, -0.2) is 0 Å². The zero-order valence-electron chi connectivity index (χ0n) is 9.14. The van der Waals surface area contributed by atoms with E-state index in [0.29, 0.717) is 22.1 Å². The van der Waals surface area contributed by atoms with Crippen molar-refractivity contribution in [3.63, 3.8) is 0 Å². The Morgan fingerprint density at radius 1 is 1.47 bits per heavy atom. The largest absolute Gasteiger partial charge is 0.398 e. The number of nitrogens with zero attached hydrogens (tertiary/aromatic N) is 2. The molecule has 0 aliphatic carbocycles. The molecule has 0 saturated carbocycles. The zero-order valence-corrected chi connectivity index (χ0v) is 9.90. The first-order valence-corrected chi connectivity index (χ1v) is 5.30. The Kier molecular flexibility index (Phi) is 3.01. The molecule has 1 aromatic heterocycles. The van der Waals surface area contributed by atoms with Gasteiger partial charge in [0.25, 0.3) is 5.91 Å². The van der Waals surface area contributed by atoms with Crippen LogP contribution in [0.5, 0.6) is 0 Å². The summed E-state index contributed by atoms with van der Waals surface area (Å²) in [5, 5.41) is 7.10. The highest BCUT2D eigenvalue weighted by atomic mass is 35.5. The molecule has 1 aromatic carbocycles. The van der Waals surface area contributed by atoms with E-state index in [-0.39, 0.29) is 5.91 Å². The van der Waals surface area contributed by atoms with E-state index in [1.165, 1.54) is 6.07 Å². The smallest absolute Gasteiger partial charge is 0.256 e. The third-order valence-corrected chi connectivity index (χ3v) is 2.66. The van der Waals surface area contributed by atoms with Crippen molar-refractivity contribution in [1.82, 2.24) is 9.78 Å². The summed E-state index contributed by atoms with van der Waals surface area (Å²) >= 11 is 5.78. The van der Waals surface area contributed by atoms with Crippen molar-refractivity contribution in [3.8, 4) is 0 Å². The average molecular weight is 251 g/mol. The molecule has 2 aromatic rings. The topological polar surface area (TPSA) is 72.9 Å². The van der Waals surface area contributed by atoms with Crippen LogP contribution in [-0.4, -0.2) is 15.7 Å². The first-order chi connectivity index (χ1) is 8.08.